The summed E-state index contributed by atoms with van der Waals surface area (Å²) in [6, 6.07) is 5.62. The van der Waals surface area contributed by atoms with Crippen LogP contribution in [-0.4, -0.2) is 26.4 Å². The van der Waals surface area contributed by atoms with Crippen molar-refractivity contribution in [3.05, 3.63) is 23.2 Å². The summed E-state index contributed by atoms with van der Waals surface area (Å²) in [6.45, 7) is 0. The van der Waals surface area contributed by atoms with Crippen LogP contribution in [-0.2, 0) is 0 Å². The Kier molecular flexibility index (Phi) is 2.22. The Morgan fingerprint density at radius 1 is 1.31 bits per heavy atom. The number of benzene rings is 1. The summed E-state index contributed by atoms with van der Waals surface area (Å²) in [7, 11) is 0. The molecular formula is C10H7ClN4S. The first-order valence-corrected chi connectivity index (χ1v) is 6.24. The Morgan fingerprint density at radius 2 is 2.19 bits per heavy atom. The molecule has 2 aromatic heterocycles. The number of hydrogen-bond acceptors (Lipinski definition) is 4. The van der Waals surface area contributed by atoms with E-state index in [1.165, 1.54) is 11.8 Å². The minimum absolute atomic E-state index is 0.658. The summed E-state index contributed by atoms with van der Waals surface area (Å²) in [5.41, 5.74) is 2.48. The molecule has 0 fully saturated rings. The van der Waals surface area contributed by atoms with Crippen molar-refractivity contribution in [1.29, 1.82) is 0 Å². The summed E-state index contributed by atoms with van der Waals surface area (Å²) in [4.78, 5) is 7.55. The van der Waals surface area contributed by atoms with Crippen molar-refractivity contribution < 1.29 is 0 Å². The molecule has 0 saturated heterocycles. The van der Waals surface area contributed by atoms with Crippen molar-refractivity contribution in [2.75, 3.05) is 6.26 Å². The molecule has 0 aliphatic heterocycles. The number of fused-ring (bicyclic) bond motifs is 3. The van der Waals surface area contributed by atoms with Crippen LogP contribution in [0.2, 0.25) is 5.02 Å². The standard InChI is InChI=1S/C10H7ClN4S/c1-16-10-13-9-8(14-15-10)6-4-5(11)2-3-7(6)12-9/h2-4H,1H3,(H,12,13,15). The lowest BCUT2D eigenvalue weighted by Crippen LogP contribution is -1.89. The number of nitrogens with one attached hydrogen (secondary N) is 1. The lowest BCUT2D eigenvalue weighted by atomic mass is 10.2. The van der Waals surface area contributed by atoms with Gasteiger partial charge in [-0.2, -0.15) is 0 Å². The van der Waals surface area contributed by atoms with Gasteiger partial charge in [-0.25, -0.2) is 4.98 Å². The average Bonchev–Trinajstić information content (AvgIpc) is 2.66. The second-order valence-electron chi connectivity index (χ2n) is 3.31. The Hall–Kier alpha value is -1.33. The molecule has 0 spiro atoms. The minimum Gasteiger partial charge on any atom is -0.338 e. The maximum Gasteiger partial charge on any atom is 0.210 e. The molecule has 4 nitrogen and oxygen atoms in total. The molecule has 0 aliphatic carbocycles. The molecule has 0 saturated carbocycles. The van der Waals surface area contributed by atoms with Crippen LogP contribution in [0.5, 0.6) is 0 Å². The Labute approximate surface area is 100 Å². The van der Waals surface area contributed by atoms with E-state index < -0.39 is 0 Å². The summed E-state index contributed by atoms with van der Waals surface area (Å²) in [5, 5.41) is 10.5. The average molecular weight is 251 g/mol. The molecule has 0 aliphatic rings. The number of aromatic amines is 1. The van der Waals surface area contributed by atoms with Gasteiger partial charge >= 0.3 is 0 Å². The zero-order valence-electron chi connectivity index (χ0n) is 8.36. The summed E-state index contributed by atoms with van der Waals surface area (Å²) < 4.78 is 0. The van der Waals surface area contributed by atoms with E-state index in [4.69, 9.17) is 11.6 Å². The molecule has 0 atom stereocenters. The smallest absolute Gasteiger partial charge is 0.210 e. The van der Waals surface area contributed by atoms with E-state index in [9.17, 15) is 0 Å². The van der Waals surface area contributed by atoms with Gasteiger partial charge in [0.1, 0.15) is 5.52 Å². The molecule has 1 N–H and O–H groups in total. The SMILES string of the molecule is CSc1nnc2c(n1)[nH]c1ccc(Cl)cc12. The first-order chi connectivity index (χ1) is 7.78. The first-order valence-electron chi connectivity index (χ1n) is 4.63. The Bertz CT molecular complexity index is 679. The van der Waals surface area contributed by atoms with E-state index in [1.807, 2.05) is 24.5 Å². The second kappa shape index (κ2) is 3.61. The lowest BCUT2D eigenvalue weighted by molar-refractivity contribution is 0.880. The van der Waals surface area contributed by atoms with E-state index in [0.29, 0.717) is 10.2 Å². The molecule has 3 aromatic rings. The van der Waals surface area contributed by atoms with E-state index in [1.54, 1.807) is 0 Å². The zero-order valence-corrected chi connectivity index (χ0v) is 9.93. The van der Waals surface area contributed by atoms with E-state index >= 15 is 0 Å². The molecule has 16 heavy (non-hydrogen) atoms. The van der Waals surface area contributed by atoms with Crippen LogP contribution in [0.15, 0.2) is 23.4 Å². The highest BCUT2D eigenvalue weighted by Crippen LogP contribution is 2.25. The van der Waals surface area contributed by atoms with Crippen LogP contribution >= 0.6 is 23.4 Å². The summed E-state index contributed by atoms with van der Waals surface area (Å²) >= 11 is 7.41. The Balaban J connectivity index is 2.41. The molecular weight excluding hydrogens is 244 g/mol. The maximum atomic E-state index is 5.95. The Morgan fingerprint density at radius 3 is 3.00 bits per heavy atom. The van der Waals surface area contributed by atoms with Crippen molar-refractivity contribution >= 4 is 45.4 Å². The van der Waals surface area contributed by atoms with E-state index in [0.717, 1.165) is 22.1 Å². The molecule has 6 heteroatoms. The molecule has 80 valence electrons. The quantitative estimate of drug-likeness (QED) is 0.675. The number of H-pyrrole nitrogens is 1. The fourth-order valence-electron chi connectivity index (χ4n) is 1.62. The molecule has 0 bridgehead atoms. The third-order valence-electron chi connectivity index (χ3n) is 2.34. The van der Waals surface area contributed by atoms with Crippen molar-refractivity contribution in [1.82, 2.24) is 20.2 Å². The first kappa shape index (κ1) is 9.86. The minimum atomic E-state index is 0.658. The topological polar surface area (TPSA) is 54.5 Å². The number of rotatable bonds is 1. The van der Waals surface area contributed by atoms with E-state index in [-0.39, 0.29) is 0 Å². The fourth-order valence-corrected chi connectivity index (χ4v) is 2.09. The summed E-state index contributed by atoms with van der Waals surface area (Å²) in [5.74, 6) is 0. The number of aromatic nitrogens is 4. The van der Waals surface area contributed by atoms with Crippen LogP contribution < -0.4 is 0 Å². The fraction of sp³-hybridized carbons (Fsp3) is 0.100. The number of hydrogen-bond donors (Lipinski definition) is 1. The van der Waals surface area contributed by atoms with E-state index in [2.05, 4.69) is 20.2 Å². The van der Waals surface area contributed by atoms with Gasteiger partial charge in [-0.1, -0.05) is 23.4 Å². The molecule has 0 radical (unpaired) electrons. The molecule has 3 rings (SSSR count). The maximum absolute atomic E-state index is 5.95. The highest BCUT2D eigenvalue weighted by molar-refractivity contribution is 7.98. The molecule has 1 aromatic carbocycles. The summed E-state index contributed by atoms with van der Waals surface area (Å²) in [6.07, 6.45) is 1.92. The van der Waals surface area contributed by atoms with Crippen LogP contribution in [0.25, 0.3) is 22.1 Å². The number of thioether (sulfide) groups is 1. The molecule has 2 heterocycles. The predicted octanol–water partition coefficient (Wildman–Crippen LogP) is 2.88. The monoisotopic (exact) mass is 250 g/mol. The van der Waals surface area contributed by atoms with Crippen LogP contribution in [0.3, 0.4) is 0 Å². The van der Waals surface area contributed by atoms with Gasteiger partial charge in [0.25, 0.3) is 0 Å². The normalized spacial score (nSPS) is 11.4. The third kappa shape index (κ3) is 1.44. The van der Waals surface area contributed by atoms with Crippen molar-refractivity contribution in [2.45, 2.75) is 5.16 Å². The number of nitrogens with zero attached hydrogens (tertiary/aromatic N) is 3. The second-order valence-corrected chi connectivity index (χ2v) is 4.52. The van der Waals surface area contributed by atoms with Crippen molar-refractivity contribution in [3.8, 4) is 0 Å². The van der Waals surface area contributed by atoms with Crippen molar-refractivity contribution in [3.63, 3.8) is 0 Å². The highest BCUT2D eigenvalue weighted by Gasteiger charge is 2.08. The zero-order chi connectivity index (χ0) is 11.1. The van der Waals surface area contributed by atoms with Crippen LogP contribution in [0.1, 0.15) is 0 Å². The molecule has 0 unspecified atom stereocenters. The lowest BCUT2D eigenvalue weighted by Gasteiger charge is -1.92. The van der Waals surface area contributed by atoms with Gasteiger partial charge in [-0.05, 0) is 24.5 Å². The van der Waals surface area contributed by atoms with Gasteiger partial charge in [0.2, 0.25) is 5.16 Å². The van der Waals surface area contributed by atoms with Crippen LogP contribution in [0.4, 0.5) is 0 Å². The predicted molar refractivity (Wildman–Crippen MR) is 66.0 cm³/mol. The van der Waals surface area contributed by atoms with Gasteiger partial charge in [-0.15, -0.1) is 10.2 Å². The largest absolute Gasteiger partial charge is 0.338 e. The van der Waals surface area contributed by atoms with Gasteiger partial charge in [0.05, 0.1) is 0 Å². The van der Waals surface area contributed by atoms with Gasteiger partial charge in [-0.3, -0.25) is 0 Å². The van der Waals surface area contributed by atoms with Gasteiger partial charge < -0.3 is 4.98 Å². The number of halogens is 1. The van der Waals surface area contributed by atoms with Crippen LogP contribution in [0, 0.1) is 0 Å². The van der Waals surface area contributed by atoms with Crippen molar-refractivity contribution in [2.24, 2.45) is 0 Å². The highest BCUT2D eigenvalue weighted by atomic mass is 35.5. The van der Waals surface area contributed by atoms with Gasteiger partial charge in [0, 0.05) is 15.9 Å². The molecule has 0 amide bonds. The third-order valence-corrected chi connectivity index (χ3v) is 3.11. The van der Waals surface area contributed by atoms with Gasteiger partial charge in [0.15, 0.2) is 5.65 Å².